The van der Waals surface area contributed by atoms with E-state index >= 15 is 0 Å². The quantitative estimate of drug-likeness (QED) is 0.420. The predicted octanol–water partition coefficient (Wildman–Crippen LogP) is 2.50. The van der Waals surface area contributed by atoms with Crippen LogP contribution in [-0.4, -0.2) is 32.0 Å². The van der Waals surface area contributed by atoms with Crippen molar-refractivity contribution in [2.75, 3.05) is 20.1 Å². The van der Waals surface area contributed by atoms with Crippen molar-refractivity contribution in [2.24, 2.45) is 10.9 Å². The molecule has 1 aliphatic rings. The number of halogens is 1. The molecule has 0 radical (unpaired) electrons. The zero-order valence-corrected chi connectivity index (χ0v) is 15.2. The molecule has 1 fully saturated rings. The van der Waals surface area contributed by atoms with Crippen LogP contribution in [0.4, 0.5) is 4.39 Å². The summed E-state index contributed by atoms with van der Waals surface area (Å²) < 4.78 is 13.5. The van der Waals surface area contributed by atoms with E-state index in [0.717, 1.165) is 31.2 Å². The third-order valence-electron chi connectivity index (χ3n) is 4.61. The molecule has 6 heteroatoms. The number of carbonyl (C=O) groups is 1. The topological polar surface area (TPSA) is 65.5 Å². The number of hydrogen-bond acceptors (Lipinski definition) is 2. The van der Waals surface area contributed by atoms with Crippen molar-refractivity contribution in [3.05, 3.63) is 35.1 Å². The number of nitrogens with one attached hydrogen (secondary N) is 3. The summed E-state index contributed by atoms with van der Waals surface area (Å²) in [7, 11) is 1.69. The molecule has 0 saturated heterocycles. The van der Waals surface area contributed by atoms with Crippen LogP contribution in [0.2, 0.25) is 0 Å². The molecule has 1 aromatic rings. The van der Waals surface area contributed by atoms with Gasteiger partial charge in [-0.15, -0.1) is 0 Å². The predicted molar refractivity (Wildman–Crippen MR) is 98.9 cm³/mol. The maximum atomic E-state index is 13.5. The van der Waals surface area contributed by atoms with Gasteiger partial charge in [0, 0.05) is 32.6 Å². The lowest BCUT2D eigenvalue weighted by Gasteiger charge is -2.21. The Hall–Kier alpha value is -2.11. The van der Waals surface area contributed by atoms with Crippen molar-refractivity contribution in [3.63, 3.8) is 0 Å². The van der Waals surface area contributed by atoms with Gasteiger partial charge in [0.05, 0.1) is 0 Å². The summed E-state index contributed by atoms with van der Waals surface area (Å²) in [5.41, 5.74) is 1.50. The summed E-state index contributed by atoms with van der Waals surface area (Å²) in [5.74, 6) is 0.780. The van der Waals surface area contributed by atoms with Crippen LogP contribution >= 0.6 is 0 Å². The van der Waals surface area contributed by atoms with Gasteiger partial charge in [-0.3, -0.25) is 9.79 Å². The number of rotatable bonds is 6. The van der Waals surface area contributed by atoms with Crippen molar-refractivity contribution in [3.8, 4) is 0 Å². The lowest BCUT2D eigenvalue weighted by Crippen LogP contribution is -2.42. The highest BCUT2D eigenvalue weighted by atomic mass is 19.1. The van der Waals surface area contributed by atoms with E-state index in [2.05, 4.69) is 20.9 Å². The Labute approximate surface area is 149 Å². The summed E-state index contributed by atoms with van der Waals surface area (Å²) in [4.78, 5) is 16.2. The Kier molecular flexibility index (Phi) is 7.70. The molecule has 138 valence electrons. The Morgan fingerprint density at radius 2 is 1.88 bits per heavy atom. The van der Waals surface area contributed by atoms with Crippen LogP contribution in [0.5, 0.6) is 0 Å². The Morgan fingerprint density at radius 1 is 1.16 bits per heavy atom. The number of nitrogens with zero attached hydrogens (tertiary/aromatic N) is 1. The van der Waals surface area contributed by atoms with E-state index in [9.17, 15) is 9.18 Å². The fraction of sp³-hybridized carbons (Fsp3) is 0.579. The monoisotopic (exact) mass is 348 g/mol. The first-order valence-electron chi connectivity index (χ1n) is 9.07. The molecular formula is C19H29FN4O. The molecule has 0 aliphatic heterocycles. The zero-order valence-electron chi connectivity index (χ0n) is 15.2. The largest absolute Gasteiger partial charge is 0.355 e. The van der Waals surface area contributed by atoms with Crippen molar-refractivity contribution in [2.45, 2.75) is 45.6 Å². The Bertz CT molecular complexity index is 597. The smallest absolute Gasteiger partial charge is 0.223 e. The van der Waals surface area contributed by atoms with Crippen molar-refractivity contribution < 1.29 is 9.18 Å². The molecule has 1 saturated carbocycles. The summed E-state index contributed by atoms with van der Waals surface area (Å²) in [6.45, 7) is 3.40. The van der Waals surface area contributed by atoms with E-state index in [-0.39, 0.29) is 17.6 Å². The minimum Gasteiger partial charge on any atom is -0.355 e. The summed E-state index contributed by atoms with van der Waals surface area (Å²) in [5, 5.41) is 9.28. The van der Waals surface area contributed by atoms with Gasteiger partial charge in [-0.25, -0.2) is 4.39 Å². The molecule has 1 amide bonds. The van der Waals surface area contributed by atoms with Crippen molar-refractivity contribution >= 4 is 11.9 Å². The van der Waals surface area contributed by atoms with Crippen LogP contribution in [0, 0.1) is 18.7 Å². The van der Waals surface area contributed by atoms with Crippen LogP contribution < -0.4 is 16.0 Å². The SMILES string of the molecule is CN=C(NCCNC(=O)C1CCCCC1)NCc1ccc(C)c(F)c1. The molecule has 1 aliphatic carbocycles. The first kappa shape index (κ1) is 19.2. The van der Waals surface area contributed by atoms with Crippen LogP contribution in [0.3, 0.4) is 0 Å². The maximum absolute atomic E-state index is 13.5. The standard InChI is InChI=1S/C19H29FN4O/c1-14-8-9-15(12-17(14)20)13-24-19(21-2)23-11-10-22-18(25)16-6-4-3-5-7-16/h8-9,12,16H,3-7,10-11,13H2,1-2H3,(H,22,25)(H2,21,23,24). The van der Waals surface area contributed by atoms with Crippen molar-refractivity contribution in [1.82, 2.24) is 16.0 Å². The second-order valence-electron chi connectivity index (χ2n) is 6.56. The van der Waals surface area contributed by atoms with E-state index < -0.39 is 0 Å². The van der Waals surface area contributed by atoms with Crippen molar-refractivity contribution in [1.29, 1.82) is 0 Å². The molecule has 0 unspecified atom stereocenters. The number of carbonyl (C=O) groups excluding carboxylic acids is 1. The fourth-order valence-electron chi connectivity index (χ4n) is 3.03. The molecule has 0 atom stereocenters. The fourth-order valence-corrected chi connectivity index (χ4v) is 3.03. The molecule has 0 bridgehead atoms. The maximum Gasteiger partial charge on any atom is 0.223 e. The second-order valence-corrected chi connectivity index (χ2v) is 6.56. The molecule has 0 spiro atoms. The molecule has 5 nitrogen and oxygen atoms in total. The van der Waals surface area contributed by atoms with Gasteiger partial charge in [-0.05, 0) is 37.0 Å². The van der Waals surface area contributed by atoms with Gasteiger partial charge in [0.15, 0.2) is 5.96 Å². The van der Waals surface area contributed by atoms with Gasteiger partial charge in [-0.2, -0.15) is 0 Å². The normalized spacial score (nSPS) is 15.7. The molecule has 1 aromatic carbocycles. The van der Waals surface area contributed by atoms with Gasteiger partial charge in [-0.1, -0.05) is 31.4 Å². The molecule has 0 heterocycles. The van der Waals surface area contributed by atoms with Crippen LogP contribution in [-0.2, 0) is 11.3 Å². The van der Waals surface area contributed by atoms with Gasteiger partial charge in [0.1, 0.15) is 5.82 Å². The number of guanidine groups is 1. The third kappa shape index (κ3) is 6.36. The molecule has 25 heavy (non-hydrogen) atoms. The molecular weight excluding hydrogens is 319 g/mol. The van der Waals surface area contributed by atoms with Gasteiger partial charge in [0.2, 0.25) is 5.91 Å². The first-order valence-corrected chi connectivity index (χ1v) is 9.07. The highest BCUT2D eigenvalue weighted by Crippen LogP contribution is 2.23. The van der Waals surface area contributed by atoms with Gasteiger partial charge >= 0.3 is 0 Å². The molecule has 3 N–H and O–H groups in total. The lowest BCUT2D eigenvalue weighted by atomic mass is 9.89. The highest BCUT2D eigenvalue weighted by Gasteiger charge is 2.20. The number of aryl methyl sites for hydroxylation is 1. The summed E-state index contributed by atoms with van der Waals surface area (Å²) in [6, 6.07) is 5.19. The van der Waals surface area contributed by atoms with Gasteiger partial charge in [0.25, 0.3) is 0 Å². The summed E-state index contributed by atoms with van der Waals surface area (Å²) in [6.07, 6.45) is 5.59. The Balaban J connectivity index is 1.66. The van der Waals surface area contributed by atoms with E-state index in [0.29, 0.717) is 31.2 Å². The average Bonchev–Trinajstić information content (AvgIpc) is 2.64. The molecule has 2 rings (SSSR count). The number of aliphatic imine (C=N–C) groups is 1. The lowest BCUT2D eigenvalue weighted by molar-refractivity contribution is -0.125. The zero-order chi connectivity index (χ0) is 18.1. The average molecular weight is 348 g/mol. The second kappa shape index (κ2) is 10.0. The van der Waals surface area contributed by atoms with E-state index in [1.54, 1.807) is 20.0 Å². The van der Waals surface area contributed by atoms with Crippen LogP contribution in [0.1, 0.15) is 43.2 Å². The molecule has 0 aromatic heterocycles. The van der Waals surface area contributed by atoms with Gasteiger partial charge < -0.3 is 16.0 Å². The van der Waals surface area contributed by atoms with Crippen LogP contribution in [0.15, 0.2) is 23.2 Å². The van der Waals surface area contributed by atoms with Crippen LogP contribution in [0.25, 0.3) is 0 Å². The van der Waals surface area contributed by atoms with E-state index in [1.165, 1.54) is 12.5 Å². The first-order chi connectivity index (χ1) is 12.1. The number of hydrogen-bond donors (Lipinski definition) is 3. The highest BCUT2D eigenvalue weighted by molar-refractivity contribution is 5.80. The number of benzene rings is 1. The number of amides is 1. The minimum absolute atomic E-state index is 0.166. The Morgan fingerprint density at radius 3 is 2.56 bits per heavy atom. The van der Waals surface area contributed by atoms with E-state index in [4.69, 9.17) is 0 Å². The third-order valence-corrected chi connectivity index (χ3v) is 4.61. The summed E-state index contributed by atoms with van der Waals surface area (Å²) >= 11 is 0. The minimum atomic E-state index is -0.201. The van der Waals surface area contributed by atoms with E-state index in [1.807, 2.05) is 6.07 Å².